The molecule has 0 radical (unpaired) electrons. The Kier molecular flexibility index (Phi) is 7.57. The van der Waals surface area contributed by atoms with Gasteiger partial charge >= 0.3 is 6.03 Å². The number of H-pyrrole nitrogens is 1. The number of urea groups is 1. The van der Waals surface area contributed by atoms with E-state index in [2.05, 4.69) is 27.8 Å². The average molecular weight is 465 g/mol. The fourth-order valence-electron chi connectivity index (χ4n) is 4.39. The maximum atomic E-state index is 12.6. The summed E-state index contributed by atoms with van der Waals surface area (Å²) in [6.07, 6.45) is 2.51. The Labute approximate surface area is 199 Å². The minimum absolute atomic E-state index is 0.0181. The number of carbonyl (C=O) groups excluding carboxylic acids is 2. The highest BCUT2D eigenvalue weighted by molar-refractivity contribution is 5.85. The van der Waals surface area contributed by atoms with Gasteiger partial charge in [0.05, 0.1) is 20.8 Å². The molecule has 3 aromatic rings. The molecule has 8 nitrogen and oxygen atoms in total. The highest BCUT2D eigenvalue weighted by atomic mass is 16.5. The van der Waals surface area contributed by atoms with E-state index < -0.39 is 0 Å². The lowest BCUT2D eigenvalue weighted by atomic mass is 10.0. The quantitative estimate of drug-likeness (QED) is 0.423. The van der Waals surface area contributed by atoms with Gasteiger partial charge in [0.15, 0.2) is 11.5 Å². The molecule has 0 saturated carbocycles. The Balaban J connectivity index is 1.14. The van der Waals surface area contributed by atoms with E-state index in [0.717, 1.165) is 23.2 Å². The third-order valence-corrected chi connectivity index (χ3v) is 6.21. The fourth-order valence-corrected chi connectivity index (χ4v) is 4.39. The second-order valence-electron chi connectivity index (χ2n) is 8.42. The summed E-state index contributed by atoms with van der Waals surface area (Å²) in [5.74, 6) is 1.34. The van der Waals surface area contributed by atoms with Gasteiger partial charge in [-0.25, -0.2) is 4.79 Å². The zero-order valence-corrected chi connectivity index (χ0v) is 19.8. The van der Waals surface area contributed by atoms with Crippen LogP contribution in [0.3, 0.4) is 0 Å². The summed E-state index contributed by atoms with van der Waals surface area (Å²) in [4.78, 5) is 30.0. The van der Waals surface area contributed by atoms with Crippen LogP contribution >= 0.6 is 0 Å². The van der Waals surface area contributed by atoms with Crippen LogP contribution < -0.4 is 20.1 Å². The van der Waals surface area contributed by atoms with Gasteiger partial charge in [0.25, 0.3) is 0 Å². The minimum Gasteiger partial charge on any atom is -0.493 e. The summed E-state index contributed by atoms with van der Waals surface area (Å²) in [5.41, 5.74) is 4.60. The molecule has 0 saturated heterocycles. The molecule has 0 fully saturated rings. The SMILES string of the molecule is COc1ccc(CCNC(=O)CCCNC(=O)N2CCc3c([nH]c4ccccc34)C2)cc1OC. The van der Waals surface area contributed by atoms with E-state index in [0.29, 0.717) is 56.9 Å². The van der Waals surface area contributed by atoms with E-state index in [1.165, 1.54) is 10.9 Å². The first kappa shape index (κ1) is 23.5. The summed E-state index contributed by atoms with van der Waals surface area (Å²) < 4.78 is 10.6. The van der Waals surface area contributed by atoms with Crippen molar-refractivity contribution in [2.24, 2.45) is 0 Å². The largest absolute Gasteiger partial charge is 0.493 e. The summed E-state index contributed by atoms with van der Waals surface area (Å²) in [5, 5.41) is 7.12. The Morgan fingerprint density at radius 1 is 1.03 bits per heavy atom. The number of methoxy groups -OCH3 is 2. The van der Waals surface area contributed by atoms with Crippen molar-refractivity contribution < 1.29 is 19.1 Å². The molecule has 0 aliphatic carbocycles. The van der Waals surface area contributed by atoms with Gasteiger partial charge in [0.2, 0.25) is 5.91 Å². The van der Waals surface area contributed by atoms with Crippen LogP contribution in [0.4, 0.5) is 4.79 Å². The molecule has 1 aliphatic heterocycles. The molecular weight excluding hydrogens is 432 g/mol. The zero-order chi connectivity index (χ0) is 23.9. The van der Waals surface area contributed by atoms with Crippen molar-refractivity contribution in [1.29, 1.82) is 0 Å². The lowest BCUT2D eigenvalue weighted by Gasteiger charge is -2.27. The number of ether oxygens (including phenoxy) is 2. The number of carbonyl (C=O) groups is 2. The van der Waals surface area contributed by atoms with Crippen LogP contribution in [-0.4, -0.2) is 55.7 Å². The maximum absolute atomic E-state index is 12.6. The number of aromatic amines is 1. The molecule has 0 bridgehead atoms. The Bertz CT molecular complexity index is 1160. The fraction of sp³-hybridized carbons (Fsp3) is 0.385. The van der Waals surface area contributed by atoms with E-state index in [1.54, 1.807) is 14.2 Å². The molecule has 180 valence electrons. The number of benzene rings is 2. The molecule has 1 aliphatic rings. The normalized spacial score (nSPS) is 12.8. The van der Waals surface area contributed by atoms with Gasteiger partial charge in [0, 0.05) is 42.7 Å². The molecule has 8 heteroatoms. The van der Waals surface area contributed by atoms with Crippen LogP contribution in [0.15, 0.2) is 42.5 Å². The van der Waals surface area contributed by atoms with Crippen molar-refractivity contribution in [3.8, 4) is 11.5 Å². The number of para-hydroxylation sites is 1. The van der Waals surface area contributed by atoms with Crippen LogP contribution in [0.1, 0.15) is 29.7 Å². The third-order valence-electron chi connectivity index (χ3n) is 6.21. The smallest absolute Gasteiger partial charge is 0.317 e. The lowest BCUT2D eigenvalue weighted by Crippen LogP contribution is -2.43. The van der Waals surface area contributed by atoms with Crippen LogP contribution in [0.2, 0.25) is 0 Å². The molecule has 1 aromatic heterocycles. The second-order valence-corrected chi connectivity index (χ2v) is 8.42. The van der Waals surface area contributed by atoms with E-state index in [9.17, 15) is 9.59 Å². The minimum atomic E-state index is -0.0850. The predicted molar refractivity (Wildman–Crippen MR) is 131 cm³/mol. The summed E-state index contributed by atoms with van der Waals surface area (Å²) in [6.45, 7) is 2.28. The highest BCUT2D eigenvalue weighted by Crippen LogP contribution is 2.28. The number of hydrogen-bond acceptors (Lipinski definition) is 4. The lowest BCUT2D eigenvalue weighted by molar-refractivity contribution is -0.121. The van der Waals surface area contributed by atoms with Gasteiger partial charge in [-0.2, -0.15) is 0 Å². The van der Waals surface area contributed by atoms with Gasteiger partial charge in [0.1, 0.15) is 0 Å². The predicted octanol–water partition coefficient (Wildman–Crippen LogP) is 3.39. The van der Waals surface area contributed by atoms with Crippen molar-refractivity contribution in [3.63, 3.8) is 0 Å². The second kappa shape index (κ2) is 11.0. The van der Waals surface area contributed by atoms with Crippen LogP contribution in [-0.2, 0) is 24.2 Å². The van der Waals surface area contributed by atoms with Gasteiger partial charge < -0.3 is 30.0 Å². The molecular formula is C26H32N4O4. The maximum Gasteiger partial charge on any atom is 0.317 e. The first-order chi connectivity index (χ1) is 16.6. The average Bonchev–Trinajstić information content (AvgIpc) is 3.24. The summed E-state index contributed by atoms with van der Waals surface area (Å²) in [7, 11) is 3.21. The molecule has 4 rings (SSSR count). The Hall–Kier alpha value is -3.68. The molecule has 3 N–H and O–H groups in total. The third kappa shape index (κ3) is 5.44. The van der Waals surface area contributed by atoms with Crippen molar-refractivity contribution in [2.45, 2.75) is 32.2 Å². The standard InChI is InChI=1S/C26H32N4O4/c1-33-23-10-9-18(16-24(23)34-2)11-14-27-25(31)8-5-13-28-26(32)30-15-12-20-19-6-3-4-7-21(19)29-22(20)17-30/h3-4,6-7,9-10,16,29H,5,8,11-15,17H2,1-2H3,(H,27,31)(H,28,32). The van der Waals surface area contributed by atoms with Crippen molar-refractivity contribution >= 4 is 22.8 Å². The van der Waals surface area contributed by atoms with Crippen molar-refractivity contribution in [1.82, 2.24) is 20.5 Å². The topological polar surface area (TPSA) is 95.7 Å². The number of hydrogen-bond donors (Lipinski definition) is 3. The van der Waals surface area contributed by atoms with Gasteiger partial charge in [-0.05, 0) is 48.6 Å². The van der Waals surface area contributed by atoms with E-state index in [1.807, 2.05) is 35.2 Å². The summed E-state index contributed by atoms with van der Waals surface area (Å²) >= 11 is 0. The van der Waals surface area contributed by atoms with Crippen LogP contribution in [0, 0.1) is 0 Å². The Morgan fingerprint density at radius 2 is 1.85 bits per heavy atom. The molecule has 2 aromatic carbocycles. The van der Waals surface area contributed by atoms with Gasteiger partial charge in [-0.3, -0.25) is 4.79 Å². The molecule has 34 heavy (non-hydrogen) atoms. The van der Waals surface area contributed by atoms with E-state index in [-0.39, 0.29) is 11.9 Å². The van der Waals surface area contributed by atoms with Crippen LogP contribution in [0.25, 0.3) is 10.9 Å². The number of aromatic nitrogens is 1. The van der Waals surface area contributed by atoms with E-state index >= 15 is 0 Å². The van der Waals surface area contributed by atoms with Gasteiger partial charge in [-0.15, -0.1) is 0 Å². The summed E-state index contributed by atoms with van der Waals surface area (Å²) in [6, 6.07) is 13.9. The van der Waals surface area contributed by atoms with Crippen molar-refractivity contribution in [3.05, 3.63) is 59.3 Å². The number of fused-ring (bicyclic) bond motifs is 3. The molecule has 2 heterocycles. The first-order valence-corrected chi connectivity index (χ1v) is 11.7. The number of rotatable bonds is 9. The highest BCUT2D eigenvalue weighted by Gasteiger charge is 2.23. The van der Waals surface area contributed by atoms with E-state index in [4.69, 9.17) is 9.47 Å². The Morgan fingerprint density at radius 3 is 2.68 bits per heavy atom. The molecule has 0 atom stereocenters. The molecule has 3 amide bonds. The van der Waals surface area contributed by atoms with Crippen molar-refractivity contribution in [2.75, 3.05) is 33.9 Å². The molecule has 0 unspecified atom stereocenters. The van der Waals surface area contributed by atoms with Gasteiger partial charge in [-0.1, -0.05) is 24.3 Å². The number of nitrogens with zero attached hydrogens (tertiary/aromatic N) is 1. The first-order valence-electron chi connectivity index (χ1n) is 11.7. The number of amides is 3. The zero-order valence-electron chi connectivity index (χ0n) is 19.8. The van der Waals surface area contributed by atoms with Crippen LogP contribution in [0.5, 0.6) is 11.5 Å². The monoisotopic (exact) mass is 464 g/mol. The number of nitrogens with one attached hydrogen (secondary N) is 3. The molecule has 0 spiro atoms.